The van der Waals surface area contributed by atoms with Crippen LogP contribution in [0.15, 0.2) is 6.20 Å². The Labute approximate surface area is 104 Å². The van der Waals surface area contributed by atoms with Crippen LogP contribution in [0.4, 0.5) is 0 Å². The monoisotopic (exact) mass is 239 g/mol. The molecule has 0 saturated carbocycles. The minimum Gasteiger partial charge on any atom is -0.493 e. The first kappa shape index (κ1) is 14.0. The van der Waals surface area contributed by atoms with Crippen molar-refractivity contribution >= 4 is 0 Å². The fourth-order valence-corrected chi connectivity index (χ4v) is 2.03. The van der Waals surface area contributed by atoms with Crippen LogP contribution < -0.4 is 10.1 Å². The Morgan fingerprint density at radius 1 is 1.41 bits per heavy atom. The molecule has 1 aromatic rings. The summed E-state index contributed by atoms with van der Waals surface area (Å²) >= 11 is 0. The topological polar surface area (TPSA) is 39.1 Å². The highest BCUT2D eigenvalue weighted by Crippen LogP contribution is 2.30. The fourth-order valence-electron chi connectivity index (χ4n) is 2.03. The van der Waals surface area contributed by atoms with Crippen molar-refractivity contribution in [2.24, 2.45) is 0 Å². The Balaban J connectivity index is 2.81. The fraction of sp³-hybridized carbons (Fsp3) is 0.769. The molecular formula is C13H25N3O. The van der Waals surface area contributed by atoms with Crippen molar-refractivity contribution in [1.29, 1.82) is 0 Å². The van der Waals surface area contributed by atoms with Gasteiger partial charge in [-0.15, -0.1) is 0 Å². The lowest BCUT2D eigenvalue weighted by molar-refractivity contribution is 0.395. The third-order valence-corrected chi connectivity index (χ3v) is 2.98. The lowest BCUT2D eigenvalue weighted by Gasteiger charge is -2.18. The van der Waals surface area contributed by atoms with E-state index < -0.39 is 0 Å². The van der Waals surface area contributed by atoms with Crippen LogP contribution in [-0.4, -0.2) is 30.0 Å². The van der Waals surface area contributed by atoms with Gasteiger partial charge in [-0.3, -0.25) is 4.68 Å². The molecule has 0 spiro atoms. The summed E-state index contributed by atoms with van der Waals surface area (Å²) in [6, 6.07) is 0.371. The Morgan fingerprint density at radius 2 is 2.12 bits per heavy atom. The number of hydrogen-bond acceptors (Lipinski definition) is 3. The van der Waals surface area contributed by atoms with Gasteiger partial charge in [0.1, 0.15) is 0 Å². The van der Waals surface area contributed by atoms with Gasteiger partial charge in [-0.2, -0.15) is 5.10 Å². The van der Waals surface area contributed by atoms with Crippen molar-refractivity contribution in [3.8, 4) is 5.75 Å². The standard InChI is InChI=1S/C13H25N3O/c1-6-14-8-7-11(4)13-12(17-5)9-15-16(13)10(2)3/h9-11,14H,6-8H2,1-5H3. The molecule has 1 N–H and O–H groups in total. The van der Waals surface area contributed by atoms with E-state index in [0.29, 0.717) is 12.0 Å². The average Bonchev–Trinajstić information content (AvgIpc) is 2.72. The highest BCUT2D eigenvalue weighted by molar-refractivity contribution is 5.28. The summed E-state index contributed by atoms with van der Waals surface area (Å²) in [4.78, 5) is 0. The number of aromatic nitrogens is 2. The van der Waals surface area contributed by atoms with Crippen LogP contribution in [0.2, 0.25) is 0 Å². The van der Waals surface area contributed by atoms with Gasteiger partial charge in [-0.05, 0) is 33.4 Å². The molecule has 0 aromatic carbocycles. The lowest BCUT2D eigenvalue weighted by Crippen LogP contribution is -2.18. The second kappa shape index (κ2) is 6.64. The minimum atomic E-state index is 0.371. The van der Waals surface area contributed by atoms with Gasteiger partial charge < -0.3 is 10.1 Å². The molecule has 0 aliphatic heterocycles. The number of ether oxygens (including phenoxy) is 1. The minimum absolute atomic E-state index is 0.371. The third kappa shape index (κ3) is 3.46. The van der Waals surface area contributed by atoms with E-state index in [1.54, 1.807) is 7.11 Å². The largest absolute Gasteiger partial charge is 0.493 e. The van der Waals surface area contributed by atoms with Crippen molar-refractivity contribution in [1.82, 2.24) is 15.1 Å². The molecule has 1 rings (SSSR count). The zero-order chi connectivity index (χ0) is 12.8. The first-order chi connectivity index (χ1) is 8.11. The van der Waals surface area contributed by atoms with Crippen LogP contribution in [0.25, 0.3) is 0 Å². The van der Waals surface area contributed by atoms with Gasteiger partial charge in [0.2, 0.25) is 0 Å². The molecule has 0 bridgehead atoms. The molecule has 0 radical (unpaired) electrons. The molecule has 1 atom stereocenters. The summed E-state index contributed by atoms with van der Waals surface area (Å²) in [6.45, 7) is 10.7. The van der Waals surface area contributed by atoms with E-state index in [9.17, 15) is 0 Å². The molecular weight excluding hydrogens is 214 g/mol. The van der Waals surface area contributed by atoms with Crippen molar-refractivity contribution in [3.63, 3.8) is 0 Å². The molecule has 4 nitrogen and oxygen atoms in total. The molecule has 98 valence electrons. The molecule has 1 heterocycles. The quantitative estimate of drug-likeness (QED) is 0.743. The van der Waals surface area contributed by atoms with Crippen molar-refractivity contribution < 1.29 is 4.74 Å². The highest BCUT2D eigenvalue weighted by Gasteiger charge is 2.19. The van der Waals surface area contributed by atoms with E-state index in [-0.39, 0.29) is 0 Å². The van der Waals surface area contributed by atoms with Crippen LogP contribution in [0.1, 0.15) is 51.8 Å². The smallest absolute Gasteiger partial charge is 0.160 e. The second-order valence-corrected chi connectivity index (χ2v) is 4.68. The molecule has 0 aliphatic carbocycles. The predicted octanol–water partition coefficient (Wildman–Crippen LogP) is 2.58. The molecule has 1 aromatic heterocycles. The summed E-state index contributed by atoms with van der Waals surface area (Å²) < 4.78 is 7.46. The van der Waals surface area contributed by atoms with Crippen molar-refractivity contribution in [3.05, 3.63) is 11.9 Å². The molecule has 0 saturated heterocycles. The van der Waals surface area contributed by atoms with Crippen LogP contribution in [0.3, 0.4) is 0 Å². The van der Waals surface area contributed by atoms with E-state index in [1.165, 1.54) is 5.69 Å². The molecule has 1 unspecified atom stereocenters. The van der Waals surface area contributed by atoms with Gasteiger partial charge in [0.05, 0.1) is 19.0 Å². The molecule has 17 heavy (non-hydrogen) atoms. The van der Waals surface area contributed by atoms with Crippen molar-refractivity contribution in [2.75, 3.05) is 20.2 Å². The highest BCUT2D eigenvalue weighted by atomic mass is 16.5. The van der Waals surface area contributed by atoms with Gasteiger partial charge in [-0.25, -0.2) is 0 Å². The van der Waals surface area contributed by atoms with E-state index in [4.69, 9.17) is 4.74 Å². The lowest BCUT2D eigenvalue weighted by atomic mass is 10.0. The van der Waals surface area contributed by atoms with Crippen LogP contribution in [-0.2, 0) is 0 Å². The van der Waals surface area contributed by atoms with Gasteiger partial charge in [0, 0.05) is 12.0 Å². The summed E-state index contributed by atoms with van der Waals surface area (Å²) in [5, 5.41) is 7.76. The average molecular weight is 239 g/mol. The van der Waals surface area contributed by atoms with Crippen LogP contribution in [0, 0.1) is 0 Å². The summed E-state index contributed by atoms with van der Waals surface area (Å²) in [5.74, 6) is 1.36. The number of nitrogens with one attached hydrogen (secondary N) is 1. The molecule has 0 amide bonds. The Morgan fingerprint density at radius 3 is 2.65 bits per heavy atom. The number of nitrogens with zero attached hydrogens (tertiary/aromatic N) is 2. The second-order valence-electron chi connectivity index (χ2n) is 4.68. The maximum absolute atomic E-state index is 5.40. The zero-order valence-electron chi connectivity index (χ0n) is 11.7. The van der Waals surface area contributed by atoms with Crippen LogP contribution in [0.5, 0.6) is 5.75 Å². The SMILES string of the molecule is CCNCCC(C)c1c(OC)cnn1C(C)C. The zero-order valence-corrected chi connectivity index (χ0v) is 11.7. The normalized spacial score (nSPS) is 13.1. The van der Waals surface area contributed by atoms with E-state index in [2.05, 4.69) is 42.8 Å². The number of rotatable bonds is 7. The van der Waals surface area contributed by atoms with Gasteiger partial charge in [-0.1, -0.05) is 13.8 Å². The van der Waals surface area contributed by atoms with Crippen molar-refractivity contribution in [2.45, 2.75) is 46.1 Å². The predicted molar refractivity (Wildman–Crippen MR) is 70.7 cm³/mol. The Kier molecular flexibility index (Phi) is 5.48. The third-order valence-electron chi connectivity index (χ3n) is 2.98. The van der Waals surface area contributed by atoms with Gasteiger partial charge in [0.15, 0.2) is 5.75 Å². The van der Waals surface area contributed by atoms with Crippen LogP contribution >= 0.6 is 0 Å². The van der Waals surface area contributed by atoms with Gasteiger partial charge in [0.25, 0.3) is 0 Å². The van der Waals surface area contributed by atoms with E-state index in [1.807, 2.05) is 6.20 Å². The molecule has 0 fully saturated rings. The Hall–Kier alpha value is -1.03. The first-order valence-corrected chi connectivity index (χ1v) is 6.43. The maximum atomic E-state index is 5.40. The van der Waals surface area contributed by atoms with Gasteiger partial charge >= 0.3 is 0 Å². The number of methoxy groups -OCH3 is 1. The number of hydrogen-bond donors (Lipinski definition) is 1. The maximum Gasteiger partial charge on any atom is 0.160 e. The first-order valence-electron chi connectivity index (χ1n) is 6.43. The van der Waals surface area contributed by atoms with E-state index >= 15 is 0 Å². The molecule has 0 aliphatic rings. The van der Waals surface area contributed by atoms with E-state index in [0.717, 1.165) is 25.3 Å². The Bertz CT molecular complexity index is 333. The summed E-state index contributed by atoms with van der Waals surface area (Å²) in [6.07, 6.45) is 2.92. The molecule has 4 heteroatoms. The summed E-state index contributed by atoms with van der Waals surface area (Å²) in [7, 11) is 1.71. The summed E-state index contributed by atoms with van der Waals surface area (Å²) in [5.41, 5.74) is 1.21.